The first-order chi connectivity index (χ1) is 15.1. The molecule has 3 heterocycles. The van der Waals surface area contributed by atoms with E-state index in [1.807, 2.05) is 24.3 Å². The Morgan fingerprint density at radius 1 is 1.35 bits per heavy atom. The van der Waals surface area contributed by atoms with Gasteiger partial charge in [0.05, 0.1) is 42.6 Å². The van der Waals surface area contributed by atoms with Gasteiger partial charge in [0.2, 0.25) is 0 Å². The first-order valence-corrected chi connectivity index (χ1v) is 10.1. The molecule has 2 aromatic carbocycles. The summed E-state index contributed by atoms with van der Waals surface area (Å²) in [5.74, 6) is -0.164. The molecule has 154 valence electrons. The maximum Gasteiger partial charge on any atom is 0.256 e. The molecule has 3 N–H and O–H groups in total. The van der Waals surface area contributed by atoms with Gasteiger partial charge in [0.1, 0.15) is 0 Å². The predicted molar refractivity (Wildman–Crippen MR) is 119 cm³/mol. The molecule has 0 bridgehead atoms. The molecule has 1 aromatic heterocycles. The third kappa shape index (κ3) is 3.18. The minimum Gasteiger partial charge on any atom is -0.398 e. The average molecular weight is 411 g/mol. The normalized spacial score (nSPS) is 15.6. The lowest BCUT2D eigenvalue weighted by Gasteiger charge is -2.14. The van der Waals surface area contributed by atoms with Crippen molar-refractivity contribution in [2.45, 2.75) is 13.0 Å². The molecule has 31 heavy (non-hydrogen) atoms. The molecule has 5 rings (SSSR count). The highest BCUT2D eigenvalue weighted by Gasteiger charge is 2.32. The Hall–Kier alpha value is -3.89. The molecule has 0 fully saturated rings. The van der Waals surface area contributed by atoms with E-state index in [0.29, 0.717) is 36.6 Å². The van der Waals surface area contributed by atoms with Gasteiger partial charge in [0.15, 0.2) is 0 Å². The Bertz CT molecular complexity index is 1310. The molecule has 1 amide bonds. The van der Waals surface area contributed by atoms with Gasteiger partial charge in [-0.1, -0.05) is 24.8 Å². The van der Waals surface area contributed by atoms with E-state index in [1.165, 1.54) is 5.57 Å². The van der Waals surface area contributed by atoms with Crippen molar-refractivity contribution in [1.29, 1.82) is 5.26 Å². The molecule has 7 heteroatoms. The fraction of sp³-hybridized carbons (Fsp3) is 0.208. The smallest absolute Gasteiger partial charge is 0.256 e. The highest BCUT2D eigenvalue weighted by molar-refractivity contribution is 6.05. The number of benzene rings is 2. The van der Waals surface area contributed by atoms with Crippen molar-refractivity contribution in [2.24, 2.45) is 0 Å². The molecule has 0 radical (unpaired) electrons. The Morgan fingerprint density at radius 2 is 2.23 bits per heavy atom. The number of hydrogen-bond acceptors (Lipinski definition) is 5. The van der Waals surface area contributed by atoms with E-state index in [-0.39, 0.29) is 12.5 Å². The third-order valence-electron chi connectivity index (χ3n) is 5.88. The number of aromatic amines is 1. The number of aromatic nitrogens is 2. The number of nitrogens with zero attached hydrogens (tertiary/aromatic N) is 3. The number of nitrogens with one attached hydrogen (secondary N) is 1. The second kappa shape index (κ2) is 7.42. The topological polar surface area (TPSA) is 108 Å². The summed E-state index contributed by atoms with van der Waals surface area (Å²) in [6.45, 7) is 5.59. The van der Waals surface area contributed by atoms with Crippen LogP contribution in [0, 0.1) is 11.3 Å². The van der Waals surface area contributed by atoms with Crippen LogP contribution in [0.25, 0.3) is 27.6 Å². The van der Waals surface area contributed by atoms with E-state index in [0.717, 1.165) is 39.7 Å². The standard InChI is InChI=1S/C24H21N5O2/c1-14(11-25)12-29-13-19-17(3-4-20(26)22(19)24(29)30)16-2-5-21-18(10-16)23(28-27-21)15-6-8-31-9-7-15/h2-6,10H,1,7-9,12-13,26H2,(H,27,28). The molecule has 7 nitrogen and oxygen atoms in total. The second-order valence-electron chi connectivity index (χ2n) is 7.82. The van der Waals surface area contributed by atoms with Gasteiger partial charge in [-0.3, -0.25) is 9.89 Å². The van der Waals surface area contributed by atoms with Gasteiger partial charge >= 0.3 is 0 Å². The lowest BCUT2D eigenvalue weighted by atomic mass is 9.94. The number of anilines is 1. The van der Waals surface area contributed by atoms with Crippen LogP contribution in [0.4, 0.5) is 5.69 Å². The summed E-state index contributed by atoms with van der Waals surface area (Å²) in [6.07, 6.45) is 2.90. The molecule has 2 aliphatic heterocycles. The minimum absolute atomic E-state index is 0.164. The van der Waals surface area contributed by atoms with Crippen LogP contribution in [-0.2, 0) is 11.3 Å². The fourth-order valence-corrected chi connectivity index (χ4v) is 4.34. The number of H-pyrrole nitrogens is 1. The van der Waals surface area contributed by atoms with Gasteiger partial charge in [-0.2, -0.15) is 10.4 Å². The molecular formula is C24H21N5O2. The van der Waals surface area contributed by atoms with Crippen molar-refractivity contribution in [3.8, 4) is 17.2 Å². The third-order valence-corrected chi connectivity index (χ3v) is 5.88. The zero-order valence-corrected chi connectivity index (χ0v) is 16.9. The van der Waals surface area contributed by atoms with Crippen molar-refractivity contribution in [2.75, 3.05) is 25.5 Å². The van der Waals surface area contributed by atoms with Crippen molar-refractivity contribution in [1.82, 2.24) is 15.1 Å². The number of nitrogen functional groups attached to an aromatic ring is 1. The number of amides is 1. The average Bonchev–Trinajstić information content (AvgIpc) is 3.36. The van der Waals surface area contributed by atoms with Crippen LogP contribution in [0.5, 0.6) is 0 Å². The second-order valence-corrected chi connectivity index (χ2v) is 7.82. The van der Waals surface area contributed by atoms with Crippen LogP contribution in [0.3, 0.4) is 0 Å². The van der Waals surface area contributed by atoms with E-state index in [9.17, 15) is 4.79 Å². The van der Waals surface area contributed by atoms with E-state index in [2.05, 4.69) is 28.9 Å². The van der Waals surface area contributed by atoms with E-state index in [1.54, 1.807) is 11.0 Å². The molecule has 3 aromatic rings. The molecule has 0 unspecified atom stereocenters. The molecule has 0 aliphatic carbocycles. The number of fused-ring (bicyclic) bond motifs is 2. The summed E-state index contributed by atoms with van der Waals surface area (Å²) < 4.78 is 5.43. The largest absolute Gasteiger partial charge is 0.398 e. The van der Waals surface area contributed by atoms with Crippen molar-refractivity contribution >= 4 is 28.1 Å². The highest BCUT2D eigenvalue weighted by Crippen LogP contribution is 2.38. The van der Waals surface area contributed by atoms with Gasteiger partial charge in [-0.15, -0.1) is 0 Å². The van der Waals surface area contributed by atoms with Crippen LogP contribution in [-0.4, -0.2) is 40.8 Å². The number of ether oxygens (including phenoxy) is 1. The molecule has 0 atom stereocenters. The number of carbonyl (C=O) groups is 1. The number of hydrogen-bond donors (Lipinski definition) is 2. The van der Waals surface area contributed by atoms with Crippen LogP contribution < -0.4 is 5.73 Å². The predicted octanol–water partition coefficient (Wildman–Crippen LogP) is 3.65. The Kier molecular flexibility index (Phi) is 4.57. The number of nitriles is 1. The summed E-state index contributed by atoms with van der Waals surface area (Å²) in [4.78, 5) is 14.6. The fourth-order valence-electron chi connectivity index (χ4n) is 4.34. The summed E-state index contributed by atoms with van der Waals surface area (Å²) in [6, 6.07) is 11.9. The molecular weight excluding hydrogens is 390 g/mol. The maximum atomic E-state index is 12.9. The van der Waals surface area contributed by atoms with Crippen molar-refractivity contribution < 1.29 is 9.53 Å². The Morgan fingerprint density at radius 3 is 3.00 bits per heavy atom. The number of rotatable bonds is 4. The summed E-state index contributed by atoms with van der Waals surface area (Å²) >= 11 is 0. The lowest BCUT2D eigenvalue weighted by Crippen LogP contribution is -2.26. The first kappa shape index (κ1) is 19.1. The molecule has 2 aliphatic rings. The Balaban J connectivity index is 1.59. The summed E-state index contributed by atoms with van der Waals surface area (Å²) in [5, 5.41) is 17.8. The van der Waals surface area contributed by atoms with E-state index in [4.69, 9.17) is 15.7 Å². The summed E-state index contributed by atoms with van der Waals surface area (Å²) in [7, 11) is 0. The quantitative estimate of drug-likeness (QED) is 0.503. The zero-order chi connectivity index (χ0) is 21.5. The molecule has 0 saturated carbocycles. The van der Waals surface area contributed by atoms with Crippen LogP contribution in [0.15, 0.2) is 48.6 Å². The SMILES string of the molecule is C=C(C#N)CN1Cc2c(-c3ccc4[nH]nc(C5=CCOCC5)c4c3)ccc(N)c2C1=O. The van der Waals surface area contributed by atoms with E-state index >= 15 is 0 Å². The molecule has 0 saturated heterocycles. The van der Waals surface area contributed by atoms with Gasteiger partial charge in [0.25, 0.3) is 5.91 Å². The minimum atomic E-state index is -0.164. The zero-order valence-electron chi connectivity index (χ0n) is 16.9. The Labute approximate surface area is 179 Å². The lowest BCUT2D eigenvalue weighted by molar-refractivity contribution is 0.0794. The monoisotopic (exact) mass is 411 g/mol. The first-order valence-electron chi connectivity index (χ1n) is 10.1. The van der Waals surface area contributed by atoms with Gasteiger partial charge in [0, 0.05) is 23.2 Å². The maximum absolute atomic E-state index is 12.9. The van der Waals surface area contributed by atoms with Gasteiger partial charge in [-0.25, -0.2) is 0 Å². The van der Waals surface area contributed by atoms with Crippen LogP contribution >= 0.6 is 0 Å². The van der Waals surface area contributed by atoms with Crippen molar-refractivity contribution in [3.63, 3.8) is 0 Å². The highest BCUT2D eigenvalue weighted by atomic mass is 16.5. The number of nitrogens with two attached hydrogens (primary N) is 1. The van der Waals surface area contributed by atoms with Gasteiger partial charge in [-0.05, 0) is 46.9 Å². The van der Waals surface area contributed by atoms with Crippen LogP contribution in [0.1, 0.15) is 28.0 Å². The molecule has 0 spiro atoms. The number of carbonyl (C=O) groups excluding carboxylic acids is 1. The summed E-state index contributed by atoms with van der Waals surface area (Å²) in [5.41, 5.74) is 13.4. The van der Waals surface area contributed by atoms with Crippen molar-refractivity contribution in [3.05, 3.63) is 65.4 Å². The van der Waals surface area contributed by atoms with E-state index < -0.39 is 0 Å². The van der Waals surface area contributed by atoms with Crippen LogP contribution in [0.2, 0.25) is 0 Å². The van der Waals surface area contributed by atoms with Gasteiger partial charge < -0.3 is 15.4 Å².